The zero-order valence-electron chi connectivity index (χ0n) is 23.7. The number of fused-ring (bicyclic) bond motifs is 1. The van der Waals surface area contributed by atoms with Gasteiger partial charge in [0.05, 0.1) is 39.6 Å². The summed E-state index contributed by atoms with van der Waals surface area (Å²) in [5.74, 6) is 0.214. The van der Waals surface area contributed by atoms with Gasteiger partial charge in [-0.3, -0.25) is 9.36 Å². The summed E-state index contributed by atoms with van der Waals surface area (Å²) in [5, 5.41) is 8.96. The zero-order chi connectivity index (χ0) is 29.8. The highest BCUT2D eigenvalue weighted by Gasteiger charge is 2.33. The molecule has 0 spiro atoms. The van der Waals surface area contributed by atoms with Crippen LogP contribution in [0.15, 0.2) is 98.7 Å². The van der Waals surface area contributed by atoms with Crippen LogP contribution in [0.2, 0.25) is 0 Å². The highest BCUT2D eigenvalue weighted by molar-refractivity contribution is 7.98. The van der Waals surface area contributed by atoms with E-state index in [0.717, 1.165) is 21.6 Å². The average molecular weight is 596 g/mol. The van der Waals surface area contributed by atoms with Gasteiger partial charge in [0, 0.05) is 4.90 Å². The van der Waals surface area contributed by atoms with Crippen molar-refractivity contribution in [1.82, 2.24) is 4.57 Å². The van der Waals surface area contributed by atoms with Crippen LogP contribution in [0.4, 0.5) is 0 Å². The second kappa shape index (κ2) is 12.6. The van der Waals surface area contributed by atoms with Gasteiger partial charge in [0.1, 0.15) is 12.4 Å². The number of esters is 1. The summed E-state index contributed by atoms with van der Waals surface area (Å²) in [6.07, 6.45) is 3.52. The molecule has 0 bridgehead atoms. The van der Waals surface area contributed by atoms with Crippen molar-refractivity contribution in [2.75, 3.05) is 6.26 Å². The number of nitrogens with zero attached hydrogens (tertiary/aromatic N) is 3. The first-order valence-electron chi connectivity index (χ1n) is 13.4. The summed E-state index contributed by atoms with van der Waals surface area (Å²) in [6.45, 7) is 5.76. The van der Waals surface area contributed by atoms with Gasteiger partial charge in [-0.2, -0.15) is 5.26 Å². The van der Waals surface area contributed by atoms with Crippen molar-refractivity contribution in [2.24, 2.45) is 4.99 Å². The maximum absolute atomic E-state index is 13.9. The van der Waals surface area contributed by atoms with Crippen LogP contribution in [-0.4, -0.2) is 22.9 Å². The molecular formula is C33H29N3O4S2. The number of thiazole rings is 1. The van der Waals surface area contributed by atoms with Crippen molar-refractivity contribution >= 4 is 35.1 Å². The van der Waals surface area contributed by atoms with Gasteiger partial charge in [-0.1, -0.05) is 47.7 Å². The van der Waals surface area contributed by atoms with Crippen LogP contribution in [0, 0.1) is 11.3 Å². The first-order chi connectivity index (χ1) is 20.3. The fraction of sp³-hybridized carbons (Fsp3) is 0.212. The van der Waals surface area contributed by atoms with Crippen LogP contribution in [0.25, 0.3) is 6.08 Å². The van der Waals surface area contributed by atoms with Crippen LogP contribution < -0.4 is 19.6 Å². The lowest BCUT2D eigenvalue weighted by Crippen LogP contribution is -2.40. The van der Waals surface area contributed by atoms with Crippen LogP contribution in [0.1, 0.15) is 49.1 Å². The van der Waals surface area contributed by atoms with Gasteiger partial charge in [0.25, 0.3) is 5.56 Å². The van der Waals surface area contributed by atoms with Crippen molar-refractivity contribution in [1.29, 1.82) is 5.26 Å². The Morgan fingerprint density at radius 2 is 1.79 bits per heavy atom. The molecule has 1 aliphatic rings. The third-order valence-electron chi connectivity index (χ3n) is 6.68. The Kier molecular flexibility index (Phi) is 8.76. The number of allylic oxidation sites excluding steroid dienone is 1. The number of thioether (sulfide) groups is 1. The molecule has 0 saturated heterocycles. The van der Waals surface area contributed by atoms with Crippen LogP contribution >= 0.6 is 23.1 Å². The van der Waals surface area contributed by atoms with Crippen LogP contribution in [-0.2, 0) is 16.1 Å². The van der Waals surface area contributed by atoms with E-state index in [1.165, 1.54) is 11.3 Å². The maximum atomic E-state index is 13.9. The van der Waals surface area contributed by atoms with E-state index in [0.29, 0.717) is 38.5 Å². The molecule has 0 fully saturated rings. The van der Waals surface area contributed by atoms with Crippen LogP contribution in [0.5, 0.6) is 5.75 Å². The molecule has 1 aromatic heterocycles. The van der Waals surface area contributed by atoms with E-state index in [-0.39, 0.29) is 11.7 Å². The molecule has 4 aromatic rings. The van der Waals surface area contributed by atoms with Crippen molar-refractivity contribution in [3.63, 3.8) is 0 Å². The molecule has 0 radical (unpaired) electrons. The van der Waals surface area contributed by atoms with Gasteiger partial charge in [-0.25, -0.2) is 9.79 Å². The number of aromatic nitrogens is 1. The maximum Gasteiger partial charge on any atom is 0.338 e. The van der Waals surface area contributed by atoms with Crippen molar-refractivity contribution in [3.05, 3.63) is 126 Å². The van der Waals surface area contributed by atoms with E-state index < -0.39 is 12.0 Å². The molecule has 3 aromatic carbocycles. The number of hydrogen-bond acceptors (Lipinski definition) is 8. The second-order valence-corrected chi connectivity index (χ2v) is 11.9. The van der Waals surface area contributed by atoms with Gasteiger partial charge in [0.2, 0.25) is 0 Å². The van der Waals surface area contributed by atoms with E-state index in [9.17, 15) is 9.59 Å². The summed E-state index contributed by atoms with van der Waals surface area (Å²) >= 11 is 2.92. The van der Waals surface area contributed by atoms with E-state index in [4.69, 9.17) is 14.7 Å². The minimum atomic E-state index is -0.649. The number of carbonyl (C=O) groups excluding carboxylic acids is 1. The summed E-state index contributed by atoms with van der Waals surface area (Å²) in [4.78, 5) is 33.4. The Bertz CT molecular complexity index is 1860. The number of nitriles is 1. The molecule has 0 amide bonds. The molecule has 5 rings (SSSR count). The molecule has 0 N–H and O–H groups in total. The summed E-state index contributed by atoms with van der Waals surface area (Å²) in [6, 6.07) is 24.1. The standard InChI is InChI=1S/C33H29N3O4S2/c1-20(2)40-32(38)29-21(3)35-33-36(30(29)25-11-15-27(41-4)16-12-25)31(37)28(42-33)17-22-9-13-26(14-10-22)39-19-24-7-5-23(18-34)6-8-24/h5-17,20,30H,19H2,1-4H3/b28-17-/t30-/m0/s1. The van der Waals surface area contributed by atoms with Crippen molar-refractivity contribution in [2.45, 2.75) is 44.4 Å². The normalized spacial score (nSPS) is 14.8. The molecule has 0 saturated carbocycles. The first-order valence-corrected chi connectivity index (χ1v) is 15.4. The van der Waals surface area contributed by atoms with Gasteiger partial charge < -0.3 is 9.47 Å². The third kappa shape index (κ3) is 6.25. The summed E-state index contributed by atoms with van der Waals surface area (Å²) in [5.41, 5.74) is 3.90. The van der Waals surface area contributed by atoms with Gasteiger partial charge >= 0.3 is 5.97 Å². The number of benzene rings is 3. The van der Waals surface area contributed by atoms with E-state index in [2.05, 4.69) is 11.1 Å². The Morgan fingerprint density at radius 1 is 1.10 bits per heavy atom. The predicted octanol–water partition coefficient (Wildman–Crippen LogP) is 5.36. The first kappa shape index (κ1) is 29.1. The van der Waals surface area contributed by atoms with Crippen molar-refractivity contribution in [3.8, 4) is 11.8 Å². The van der Waals surface area contributed by atoms with Gasteiger partial charge in [0.15, 0.2) is 4.80 Å². The lowest BCUT2D eigenvalue weighted by molar-refractivity contribution is -0.143. The second-order valence-electron chi connectivity index (χ2n) is 9.98. The topological polar surface area (TPSA) is 93.7 Å². The van der Waals surface area contributed by atoms with E-state index >= 15 is 0 Å². The molecular weight excluding hydrogens is 567 g/mol. The Morgan fingerprint density at radius 3 is 2.40 bits per heavy atom. The Labute approximate surface area is 252 Å². The lowest BCUT2D eigenvalue weighted by Gasteiger charge is -2.25. The minimum absolute atomic E-state index is 0.221. The quantitative estimate of drug-likeness (QED) is 0.201. The number of rotatable bonds is 8. The van der Waals surface area contributed by atoms with Crippen molar-refractivity contribution < 1.29 is 14.3 Å². The highest BCUT2D eigenvalue weighted by Crippen LogP contribution is 2.32. The van der Waals surface area contributed by atoms with E-state index in [1.54, 1.807) is 49.2 Å². The minimum Gasteiger partial charge on any atom is -0.489 e. The molecule has 42 heavy (non-hydrogen) atoms. The molecule has 0 aliphatic carbocycles. The fourth-order valence-corrected chi connectivity index (χ4v) is 6.07. The summed E-state index contributed by atoms with van der Waals surface area (Å²) in [7, 11) is 0. The molecule has 7 nitrogen and oxygen atoms in total. The molecule has 0 unspecified atom stereocenters. The van der Waals surface area contributed by atoms with Gasteiger partial charge in [-0.05, 0) is 86.2 Å². The molecule has 1 aliphatic heterocycles. The molecule has 2 heterocycles. The Hall–Kier alpha value is -4.39. The fourth-order valence-electron chi connectivity index (χ4n) is 4.62. The highest BCUT2D eigenvalue weighted by atomic mass is 32.2. The van der Waals surface area contributed by atoms with Crippen LogP contribution in [0.3, 0.4) is 0 Å². The Balaban J connectivity index is 1.47. The largest absolute Gasteiger partial charge is 0.489 e. The molecule has 9 heteroatoms. The predicted molar refractivity (Wildman–Crippen MR) is 165 cm³/mol. The number of carbonyl (C=O) groups is 1. The number of ether oxygens (including phenoxy) is 2. The van der Waals surface area contributed by atoms with Gasteiger partial charge in [-0.15, -0.1) is 11.8 Å². The monoisotopic (exact) mass is 595 g/mol. The smallest absolute Gasteiger partial charge is 0.338 e. The lowest BCUT2D eigenvalue weighted by atomic mass is 9.96. The van der Waals surface area contributed by atoms with E-state index in [1.807, 2.05) is 73.0 Å². The number of hydrogen-bond donors (Lipinski definition) is 0. The summed E-state index contributed by atoms with van der Waals surface area (Å²) < 4.78 is 13.6. The third-order valence-corrected chi connectivity index (χ3v) is 8.41. The SMILES string of the molecule is CSc1ccc([C@H]2C(C(=O)OC(C)C)=C(C)N=c3s/c(=C\c4ccc(OCc5ccc(C#N)cc5)cc4)c(=O)n32)cc1. The average Bonchev–Trinajstić information content (AvgIpc) is 3.29. The molecule has 212 valence electrons. The molecule has 1 atom stereocenters. The zero-order valence-corrected chi connectivity index (χ0v) is 25.3.